The highest BCUT2D eigenvalue weighted by atomic mass is 19.1. The molecule has 0 unspecified atom stereocenters. The number of halogens is 1. The minimum absolute atomic E-state index is 0.00962. The van der Waals surface area contributed by atoms with Gasteiger partial charge in [-0.05, 0) is 19.1 Å². The molecule has 0 spiro atoms. The van der Waals surface area contributed by atoms with E-state index in [0.29, 0.717) is 22.7 Å². The molecule has 0 aliphatic rings. The lowest BCUT2D eigenvalue weighted by Crippen LogP contribution is -2.08. The summed E-state index contributed by atoms with van der Waals surface area (Å²) >= 11 is 0. The maximum atomic E-state index is 13.0. The lowest BCUT2D eigenvalue weighted by molar-refractivity contribution is 0.0679. The molecule has 0 aliphatic heterocycles. The van der Waals surface area contributed by atoms with Gasteiger partial charge in [-0.2, -0.15) is 5.10 Å². The van der Waals surface area contributed by atoms with E-state index in [1.165, 1.54) is 30.1 Å². The monoisotopic (exact) mass is 332 g/mol. The van der Waals surface area contributed by atoms with Gasteiger partial charge in [0.05, 0.1) is 23.7 Å². The Morgan fingerprint density at radius 1 is 1.42 bits per heavy atom. The van der Waals surface area contributed by atoms with Crippen LogP contribution in [0.1, 0.15) is 21.8 Å². The van der Waals surface area contributed by atoms with E-state index in [4.69, 9.17) is 9.26 Å². The number of aromatic carboxylic acids is 1. The minimum atomic E-state index is -1.15. The number of carboxylic acid groups (broad SMARTS) is 1. The second-order valence-electron chi connectivity index (χ2n) is 5.00. The van der Waals surface area contributed by atoms with Crippen LogP contribution >= 0.6 is 0 Å². The molecule has 3 rings (SSSR count). The molecule has 0 atom stereocenters. The van der Waals surface area contributed by atoms with Gasteiger partial charge in [0.1, 0.15) is 23.9 Å². The third-order valence-corrected chi connectivity index (χ3v) is 3.43. The predicted molar refractivity (Wildman–Crippen MR) is 78.9 cm³/mol. The number of nitrogens with zero attached hydrogens (tertiary/aromatic N) is 4. The average molecular weight is 332 g/mol. The van der Waals surface area contributed by atoms with Gasteiger partial charge in [0.2, 0.25) is 0 Å². The van der Waals surface area contributed by atoms with Crippen LogP contribution in [0.4, 0.5) is 4.39 Å². The van der Waals surface area contributed by atoms with E-state index in [1.54, 1.807) is 6.92 Å². The first-order valence-electron chi connectivity index (χ1n) is 6.92. The van der Waals surface area contributed by atoms with Crippen LogP contribution in [-0.2, 0) is 13.7 Å². The number of carbonyl (C=O) groups is 1. The smallest absolute Gasteiger partial charge is 0.358 e. The second kappa shape index (κ2) is 6.11. The van der Waals surface area contributed by atoms with Crippen LogP contribution in [0.5, 0.6) is 5.75 Å². The predicted octanol–water partition coefficient (Wildman–Crippen LogP) is 2.19. The third kappa shape index (κ3) is 2.83. The molecular formula is C15H13FN4O4. The summed E-state index contributed by atoms with van der Waals surface area (Å²) in [4.78, 5) is 15.2. The molecule has 8 nitrogen and oxygen atoms in total. The van der Waals surface area contributed by atoms with Gasteiger partial charge in [-0.15, -0.1) is 0 Å². The van der Waals surface area contributed by atoms with E-state index in [1.807, 2.05) is 0 Å². The van der Waals surface area contributed by atoms with Gasteiger partial charge in [0.25, 0.3) is 0 Å². The van der Waals surface area contributed by atoms with Crippen molar-refractivity contribution in [3.05, 3.63) is 47.4 Å². The van der Waals surface area contributed by atoms with Crippen LogP contribution in [0.25, 0.3) is 11.4 Å². The highest BCUT2D eigenvalue weighted by molar-refractivity contribution is 5.88. The van der Waals surface area contributed by atoms with Crippen LogP contribution in [0.15, 0.2) is 29.0 Å². The quantitative estimate of drug-likeness (QED) is 0.764. The van der Waals surface area contributed by atoms with Crippen LogP contribution < -0.4 is 4.74 Å². The highest BCUT2D eigenvalue weighted by Gasteiger charge is 2.20. The van der Waals surface area contributed by atoms with E-state index in [2.05, 4.69) is 15.2 Å². The van der Waals surface area contributed by atoms with Crippen molar-refractivity contribution in [1.29, 1.82) is 0 Å². The number of ether oxygens (including phenoxy) is 1. The summed E-state index contributed by atoms with van der Waals surface area (Å²) in [5.41, 5.74) is 1.37. The Morgan fingerprint density at radius 2 is 2.21 bits per heavy atom. The molecule has 3 heterocycles. The normalized spacial score (nSPS) is 10.8. The van der Waals surface area contributed by atoms with Crippen LogP contribution in [-0.4, -0.2) is 31.0 Å². The summed E-state index contributed by atoms with van der Waals surface area (Å²) in [6.45, 7) is 1.70. The van der Waals surface area contributed by atoms with E-state index in [-0.39, 0.29) is 18.1 Å². The van der Waals surface area contributed by atoms with Gasteiger partial charge in [-0.3, -0.25) is 9.67 Å². The standard InChI is InChI=1S/C15H13FN4O4/c1-8-10(7-23-12-6-18-20(2)14(12)15(21)22)13(19-24-8)11-4-3-9(16)5-17-11/h3-6H,7H2,1-2H3,(H,21,22). The average Bonchev–Trinajstić information content (AvgIpc) is 3.09. The summed E-state index contributed by atoms with van der Waals surface area (Å²) in [6.07, 6.45) is 2.40. The summed E-state index contributed by atoms with van der Waals surface area (Å²) < 4.78 is 24.9. The highest BCUT2D eigenvalue weighted by Crippen LogP contribution is 2.26. The maximum absolute atomic E-state index is 13.0. The van der Waals surface area contributed by atoms with Crippen molar-refractivity contribution in [2.75, 3.05) is 0 Å². The summed E-state index contributed by atoms with van der Waals surface area (Å²) in [7, 11) is 1.51. The Hall–Kier alpha value is -3.23. The topological polar surface area (TPSA) is 103 Å². The van der Waals surface area contributed by atoms with Crippen molar-refractivity contribution >= 4 is 5.97 Å². The van der Waals surface area contributed by atoms with Gasteiger partial charge in [0, 0.05) is 7.05 Å². The number of carboxylic acids is 1. The van der Waals surface area contributed by atoms with Crippen LogP contribution in [0, 0.1) is 12.7 Å². The molecular weight excluding hydrogens is 319 g/mol. The molecule has 9 heteroatoms. The summed E-state index contributed by atoms with van der Waals surface area (Å²) in [5.74, 6) is -0.980. The Balaban J connectivity index is 1.88. The molecule has 0 radical (unpaired) electrons. The fourth-order valence-electron chi connectivity index (χ4n) is 2.20. The summed E-state index contributed by atoms with van der Waals surface area (Å²) in [6, 6.07) is 2.74. The first-order chi connectivity index (χ1) is 11.5. The first-order valence-corrected chi connectivity index (χ1v) is 6.92. The number of aryl methyl sites for hydroxylation is 2. The molecule has 0 amide bonds. The first kappa shape index (κ1) is 15.7. The lowest BCUT2D eigenvalue weighted by atomic mass is 10.1. The number of hydrogen-bond acceptors (Lipinski definition) is 6. The number of aromatic nitrogens is 4. The molecule has 0 aromatic carbocycles. The van der Waals surface area contributed by atoms with Crippen molar-refractivity contribution in [2.45, 2.75) is 13.5 Å². The molecule has 124 valence electrons. The number of rotatable bonds is 5. The maximum Gasteiger partial charge on any atom is 0.358 e. The molecule has 24 heavy (non-hydrogen) atoms. The fraction of sp³-hybridized carbons (Fsp3) is 0.200. The summed E-state index contributed by atoms with van der Waals surface area (Å²) in [5, 5.41) is 17.0. The number of hydrogen-bond donors (Lipinski definition) is 1. The minimum Gasteiger partial charge on any atom is -0.484 e. The molecule has 0 bridgehead atoms. The Labute approximate surface area is 135 Å². The molecule has 3 aromatic rings. The van der Waals surface area contributed by atoms with Crippen LogP contribution in [0.3, 0.4) is 0 Å². The van der Waals surface area contributed by atoms with E-state index < -0.39 is 11.8 Å². The molecule has 0 saturated heterocycles. The molecule has 0 aliphatic carbocycles. The van der Waals surface area contributed by atoms with E-state index in [0.717, 1.165) is 6.20 Å². The fourth-order valence-corrected chi connectivity index (χ4v) is 2.20. The van der Waals surface area contributed by atoms with E-state index in [9.17, 15) is 14.3 Å². The third-order valence-electron chi connectivity index (χ3n) is 3.43. The Kier molecular flexibility index (Phi) is 3.98. The van der Waals surface area contributed by atoms with Crippen molar-refractivity contribution in [2.24, 2.45) is 7.05 Å². The van der Waals surface area contributed by atoms with Gasteiger partial charge < -0.3 is 14.4 Å². The van der Waals surface area contributed by atoms with Crippen LogP contribution in [0.2, 0.25) is 0 Å². The molecule has 1 N–H and O–H groups in total. The largest absolute Gasteiger partial charge is 0.484 e. The van der Waals surface area contributed by atoms with Gasteiger partial charge >= 0.3 is 5.97 Å². The zero-order chi connectivity index (χ0) is 17.3. The zero-order valence-corrected chi connectivity index (χ0v) is 12.9. The zero-order valence-electron chi connectivity index (χ0n) is 12.9. The SMILES string of the molecule is Cc1onc(-c2ccc(F)cn2)c1COc1cnn(C)c1C(=O)O. The van der Waals surface area contributed by atoms with Gasteiger partial charge in [-0.25, -0.2) is 9.18 Å². The molecule has 0 saturated carbocycles. The Bertz CT molecular complexity index is 886. The lowest BCUT2D eigenvalue weighted by Gasteiger charge is -2.06. The molecule has 0 fully saturated rings. The van der Waals surface area contributed by atoms with Crippen molar-refractivity contribution in [1.82, 2.24) is 19.9 Å². The van der Waals surface area contributed by atoms with Crippen molar-refractivity contribution < 1.29 is 23.6 Å². The van der Waals surface area contributed by atoms with E-state index >= 15 is 0 Å². The van der Waals surface area contributed by atoms with Crippen molar-refractivity contribution in [3.8, 4) is 17.1 Å². The van der Waals surface area contributed by atoms with Gasteiger partial charge in [0.15, 0.2) is 11.4 Å². The second-order valence-corrected chi connectivity index (χ2v) is 5.00. The molecule has 3 aromatic heterocycles. The number of pyridine rings is 1. The van der Waals surface area contributed by atoms with Crippen molar-refractivity contribution in [3.63, 3.8) is 0 Å². The Morgan fingerprint density at radius 3 is 2.88 bits per heavy atom. The van der Waals surface area contributed by atoms with Gasteiger partial charge in [-0.1, -0.05) is 5.16 Å².